The summed E-state index contributed by atoms with van der Waals surface area (Å²) in [7, 11) is -2.55. The minimum atomic E-state index is -4.94. The van der Waals surface area contributed by atoms with Crippen LogP contribution >= 0.6 is 0 Å². The van der Waals surface area contributed by atoms with Crippen molar-refractivity contribution in [3.05, 3.63) is 71.7 Å². The first-order valence-corrected chi connectivity index (χ1v) is 11.0. The number of carbonyl (C=O) groups excluding carboxylic acids is 1. The SMILES string of the molecule is COc1ncccc1-c1cc(C(=O)NS(C)(=O)=O)ccc1Oc1cccc(C(F)(F)F)c1F. The first-order valence-electron chi connectivity index (χ1n) is 9.10. The molecule has 1 amide bonds. The highest BCUT2D eigenvalue weighted by Crippen LogP contribution is 2.40. The third kappa shape index (κ3) is 5.58. The van der Waals surface area contributed by atoms with E-state index in [1.54, 1.807) is 4.72 Å². The van der Waals surface area contributed by atoms with Gasteiger partial charge < -0.3 is 9.47 Å². The molecule has 1 heterocycles. The van der Waals surface area contributed by atoms with Crippen LogP contribution in [0.15, 0.2) is 54.7 Å². The molecule has 3 rings (SSSR count). The van der Waals surface area contributed by atoms with Gasteiger partial charge in [-0.05, 0) is 42.5 Å². The van der Waals surface area contributed by atoms with Crippen molar-refractivity contribution >= 4 is 15.9 Å². The van der Waals surface area contributed by atoms with Crippen molar-refractivity contribution in [1.82, 2.24) is 9.71 Å². The molecule has 33 heavy (non-hydrogen) atoms. The zero-order chi connectivity index (χ0) is 24.4. The zero-order valence-corrected chi connectivity index (χ0v) is 17.9. The number of sulfonamides is 1. The molecule has 7 nitrogen and oxygen atoms in total. The van der Waals surface area contributed by atoms with Crippen LogP contribution in [0.1, 0.15) is 15.9 Å². The Balaban J connectivity index is 2.15. The summed E-state index contributed by atoms with van der Waals surface area (Å²) >= 11 is 0. The van der Waals surface area contributed by atoms with Gasteiger partial charge in [-0.25, -0.2) is 22.5 Å². The normalized spacial score (nSPS) is 11.7. The Hall–Kier alpha value is -3.67. The molecule has 0 spiro atoms. The maximum atomic E-state index is 14.5. The van der Waals surface area contributed by atoms with Crippen molar-refractivity contribution in [2.24, 2.45) is 0 Å². The van der Waals surface area contributed by atoms with Crippen LogP contribution in [-0.2, 0) is 16.2 Å². The van der Waals surface area contributed by atoms with E-state index in [9.17, 15) is 30.8 Å². The van der Waals surface area contributed by atoms with E-state index in [0.717, 1.165) is 18.4 Å². The maximum Gasteiger partial charge on any atom is 0.419 e. The van der Waals surface area contributed by atoms with E-state index in [0.29, 0.717) is 6.07 Å². The molecule has 1 aromatic heterocycles. The third-order valence-corrected chi connectivity index (χ3v) is 4.82. The van der Waals surface area contributed by atoms with Crippen molar-refractivity contribution in [2.45, 2.75) is 6.18 Å². The summed E-state index contributed by atoms with van der Waals surface area (Å²) in [6, 6.07) is 9.21. The van der Waals surface area contributed by atoms with Crippen LogP contribution in [-0.4, -0.2) is 32.7 Å². The molecule has 0 bridgehead atoms. The molecule has 0 radical (unpaired) electrons. The van der Waals surface area contributed by atoms with Crippen molar-refractivity contribution in [1.29, 1.82) is 0 Å². The van der Waals surface area contributed by atoms with E-state index >= 15 is 0 Å². The lowest BCUT2D eigenvalue weighted by molar-refractivity contribution is -0.140. The molecule has 0 unspecified atom stereocenters. The number of methoxy groups -OCH3 is 1. The predicted molar refractivity (Wildman–Crippen MR) is 110 cm³/mol. The fraction of sp³-hybridized carbons (Fsp3) is 0.143. The molecule has 1 N–H and O–H groups in total. The van der Waals surface area contributed by atoms with E-state index < -0.39 is 39.2 Å². The fourth-order valence-corrected chi connectivity index (χ4v) is 3.34. The topological polar surface area (TPSA) is 94.6 Å². The molecule has 0 fully saturated rings. The van der Waals surface area contributed by atoms with Crippen molar-refractivity contribution in [3.8, 4) is 28.5 Å². The summed E-state index contributed by atoms with van der Waals surface area (Å²) in [4.78, 5) is 16.3. The number of amides is 1. The van der Waals surface area contributed by atoms with Crippen LogP contribution in [0, 0.1) is 5.82 Å². The van der Waals surface area contributed by atoms with Crippen LogP contribution < -0.4 is 14.2 Å². The van der Waals surface area contributed by atoms with Gasteiger partial charge in [0.1, 0.15) is 5.75 Å². The minimum absolute atomic E-state index is 0.0764. The molecule has 12 heteroatoms. The van der Waals surface area contributed by atoms with Crippen LogP contribution in [0.4, 0.5) is 17.6 Å². The number of carbonyl (C=O) groups is 1. The second-order valence-electron chi connectivity index (χ2n) is 6.69. The van der Waals surface area contributed by atoms with Gasteiger partial charge in [0.05, 0.1) is 18.9 Å². The summed E-state index contributed by atoms with van der Waals surface area (Å²) in [5.74, 6) is -3.34. The number of alkyl halides is 3. The molecule has 3 aromatic rings. The van der Waals surface area contributed by atoms with Gasteiger partial charge in [0.2, 0.25) is 15.9 Å². The highest BCUT2D eigenvalue weighted by atomic mass is 32.2. The van der Waals surface area contributed by atoms with Gasteiger partial charge in [0, 0.05) is 22.9 Å². The Morgan fingerprint density at radius 3 is 2.39 bits per heavy atom. The molecule has 0 aliphatic rings. The fourth-order valence-electron chi connectivity index (χ4n) is 2.88. The second-order valence-corrected chi connectivity index (χ2v) is 8.44. The zero-order valence-electron chi connectivity index (χ0n) is 17.1. The Kier molecular flexibility index (Phi) is 6.58. The first-order chi connectivity index (χ1) is 15.4. The number of ether oxygens (including phenoxy) is 2. The molecule has 0 aliphatic heterocycles. The van der Waals surface area contributed by atoms with Crippen LogP contribution in [0.25, 0.3) is 11.1 Å². The van der Waals surface area contributed by atoms with Crippen LogP contribution in [0.3, 0.4) is 0 Å². The van der Waals surface area contributed by atoms with Gasteiger partial charge in [-0.15, -0.1) is 0 Å². The average molecular weight is 484 g/mol. The second kappa shape index (κ2) is 9.06. The first kappa shape index (κ1) is 24.0. The molecular formula is C21H16F4N2O5S. The van der Waals surface area contributed by atoms with Gasteiger partial charge >= 0.3 is 6.18 Å². The van der Waals surface area contributed by atoms with Gasteiger partial charge in [-0.1, -0.05) is 6.07 Å². The van der Waals surface area contributed by atoms with E-state index in [1.807, 2.05) is 0 Å². The van der Waals surface area contributed by atoms with Crippen LogP contribution in [0.2, 0.25) is 0 Å². The molecule has 0 atom stereocenters. The van der Waals surface area contributed by atoms with Gasteiger partial charge in [-0.3, -0.25) is 4.79 Å². The Morgan fingerprint density at radius 1 is 1.03 bits per heavy atom. The average Bonchev–Trinajstić information content (AvgIpc) is 2.73. The smallest absolute Gasteiger partial charge is 0.419 e. The lowest BCUT2D eigenvalue weighted by Gasteiger charge is -2.16. The van der Waals surface area contributed by atoms with Gasteiger partial charge in [0.25, 0.3) is 5.91 Å². The Labute approximate surface area is 186 Å². The van der Waals surface area contributed by atoms with Crippen molar-refractivity contribution in [2.75, 3.05) is 13.4 Å². The number of nitrogens with one attached hydrogen (secondary N) is 1. The largest absolute Gasteiger partial charge is 0.481 e. The minimum Gasteiger partial charge on any atom is -0.481 e. The summed E-state index contributed by atoms with van der Waals surface area (Å²) in [5, 5.41) is 0. The number of nitrogens with zero attached hydrogens (tertiary/aromatic N) is 1. The molecule has 2 aromatic carbocycles. The molecule has 0 aliphatic carbocycles. The van der Waals surface area contributed by atoms with E-state index in [-0.39, 0.29) is 28.3 Å². The highest BCUT2D eigenvalue weighted by Gasteiger charge is 2.35. The standard InChI is InChI=1S/C21H16F4N2O5S/c1-31-20-13(5-4-10-26-20)14-11-12(19(28)27-33(2,29)30)8-9-16(14)32-17-7-3-6-15(18(17)22)21(23,24)25/h3-11H,1-2H3,(H,27,28). The molecule has 174 valence electrons. The lowest BCUT2D eigenvalue weighted by atomic mass is 10.0. The van der Waals surface area contributed by atoms with Crippen LogP contribution in [0.5, 0.6) is 17.4 Å². The van der Waals surface area contributed by atoms with Gasteiger partial charge in [0.15, 0.2) is 11.6 Å². The maximum absolute atomic E-state index is 14.5. The molecule has 0 saturated heterocycles. The summed E-state index contributed by atoms with van der Waals surface area (Å²) in [6.45, 7) is 0. The number of benzene rings is 2. The highest BCUT2D eigenvalue weighted by molar-refractivity contribution is 7.89. The van der Waals surface area contributed by atoms with Crippen molar-refractivity contribution < 1.29 is 40.2 Å². The van der Waals surface area contributed by atoms with E-state index in [1.165, 1.54) is 43.6 Å². The molecular weight excluding hydrogens is 468 g/mol. The number of rotatable bonds is 6. The van der Waals surface area contributed by atoms with E-state index in [2.05, 4.69) is 4.98 Å². The number of pyridine rings is 1. The monoisotopic (exact) mass is 484 g/mol. The van der Waals surface area contributed by atoms with Gasteiger partial charge in [-0.2, -0.15) is 13.2 Å². The lowest BCUT2D eigenvalue weighted by Crippen LogP contribution is -2.29. The number of hydrogen-bond donors (Lipinski definition) is 1. The molecule has 0 saturated carbocycles. The predicted octanol–water partition coefficient (Wildman–Crippen LogP) is 4.40. The summed E-state index contributed by atoms with van der Waals surface area (Å²) < 4.78 is 89.0. The Bertz CT molecular complexity index is 1310. The van der Waals surface area contributed by atoms with Crippen molar-refractivity contribution in [3.63, 3.8) is 0 Å². The Morgan fingerprint density at radius 2 is 1.76 bits per heavy atom. The quantitative estimate of drug-likeness (QED) is 0.522. The summed E-state index contributed by atoms with van der Waals surface area (Å²) in [5.41, 5.74) is -1.27. The number of halogens is 4. The number of hydrogen-bond acceptors (Lipinski definition) is 6. The van der Waals surface area contributed by atoms with E-state index in [4.69, 9.17) is 9.47 Å². The third-order valence-electron chi connectivity index (χ3n) is 4.26. The summed E-state index contributed by atoms with van der Waals surface area (Å²) in [6.07, 6.45) is -2.73. The number of aromatic nitrogens is 1.